The van der Waals surface area contributed by atoms with E-state index in [1.54, 1.807) is 18.2 Å². The molecule has 8 heteroatoms. The number of ether oxygens (including phenoxy) is 3. The maximum atomic E-state index is 12.2. The predicted octanol–water partition coefficient (Wildman–Crippen LogP) is 5.94. The third kappa shape index (κ3) is 9.37. The Hall–Kier alpha value is -3.29. The minimum absolute atomic E-state index is 0.0696. The second-order valence-corrected chi connectivity index (χ2v) is 6.59. The minimum Gasteiger partial charge on any atom is -0.463 e. The summed E-state index contributed by atoms with van der Waals surface area (Å²) in [5.41, 5.74) is 0.775. The van der Waals surface area contributed by atoms with Gasteiger partial charge in [-0.05, 0) is 54.5 Å². The van der Waals surface area contributed by atoms with Crippen molar-refractivity contribution < 1.29 is 37.0 Å². The van der Waals surface area contributed by atoms with Crippen molar-refractivity contribution in [1.82, 2.24) is 0 Å². The Morgan fingerprint density at radius 1 is 0.903 bits per heavy atom. The second-order valence-electron chi connectivity index (χ2n) is 6.59. The molecule has 0 unspecified atom stereocenters. The number of hydrogen-bond acceptors (Lipinski definition) is 5. The molecule has 0 radical (unpaired) electrons. The molecule has 0 aromatic heterocycles. The molecule has 0 fully saturated rings. The molecule has 0 aliphatic heterocycles. The molecule has 2 aromatic carbocycles. The van der Waals surface area contributed by atoms with Crippen LogP contribution in [0.3, 0.4) is 0 Å². The molecule has 0 amide bonds. The Morgan fingerprint density at radius 2 is 1.55 bits per heavy atom. The summed E-state index contributed by atoms with van der Waals surface area (Å²) in [5, 5.41) is 0. The van der Waals surface area contributed by atoms with Crippen molar-refractivity contribution >= 4 is 18.0 Å². The van der Waals surface area contributed by atoms with E-state index < -0.39 is 24.1 Å². The summed E-state index contributed by atoms with van der Waals surface area (Å²) in [6.07, 6.45) is 2.20. The van der Waals surface area contributed by atoms with Crippen molar-refractivity contribution in [1.29, 1.82) is 0 Å². The fourth-order valence-electron chi connectivity index (χ4n) is 2.52. The molecule has 0 atom stereocenters. The van der Waals surface area contributed by atoms with Crippen LogP contribution in [0.15, 0.2) is 54.6 Å². The summed E-state index contributed by atoms with van der Waals surface area (Å²) in [5.74, 6) is -1.34. The Bertz CT molecular complexity index is 872. The highest BCUT2D eigenvalue weighted by Crippen LogP contribution is 2.23. The maximum absolute atomic E-state index is 12.2. The summed E-state index contributed by atoms with van der Waals surface area (Å²) in [7, 11) is 0. The SMILES string of the molecule is CCCCCCOC(=O)C=Cc1ccc(OC(=O)c2ccc(OC(F)(F)F)cc2)cc1. The lowest BCUT2D eigenvalue weighted by Gasteiger charge is -2.09. The molecule has 2 rings (SSSR count). The van der Waals surface area contributed by atoms with Crippen LogP contribution in [0.25, 0.3) is 6.08 Å². The van der Waals surface area contributed by atoms with E-state index in [-0.39, 0.29) is 11.3 Å². The normalized spacial score (nSPS) is 11.4. The molecule has 0 heterocycles. The van der Waals surface area contributed by atoms with E-state index in [4.69, 9.17) is 9.47 Å². The summed E-state index contributed by atoms with van der Waals surface area (Å²) in [4.78, 5) is 23.8. The van der Waals surface area contributed by atoms with Crippen molar-refractivity contribution in [2.45, 2.75) is 39.0 Å². The highest BCUT2D eigenvalue weighted by atomic mass is 19.4. The summed E-state index contributed by atoms with van der Waals surface area (Å²) < 4.78 is 50.6. The Labute approximate surface area is 178 Å². The van der Waals surface area contributed by atoms with Gasteiger partial charge in [0.1, 0.15) is 11.5 Å². The van der Waals surface area contributed by atoms with E-state index in [1.165, 1.54) is 30.3 Å². The van der Waals surface area contributed by atoms with Crippen molar-refractivity contribution in [2.24, 2.45) is 0 Å². The third-order valence-electron chi connectivity index (χ3n) is 4.07. The standard InChI is InChI=1S/C23H23F3O5/c1-2-3-4-5-16-29-21(27)15-8-17-6-11-19(12-7-17)30-22(28)18-9-13-20(14-10-18)31-23(24,25)26/h6-15H,2-5,16H2,1H3. The first-order valence-corrected chi connectivity index (χ1v) is 9.80. The van der Waals surface area contributed by atoms with E-state index in [2.05, 4.69) is 11.7 Å². The average molecular weight is 436 g/mol. The number of rotatable bonds is 10. The van der Waals surface area contributed by atoms with Gasteiger partial charge in [0.05, 0.1) is 12.2 Å². The van der Waals surface area contributed by atoms with Crippen LogP contribution in [-0.2, 0) is 9.53 Å². The smallest absolute Gasteiger partial charge is 0.463 e. The molecule has 0 bridgehead atoms. The Morgan fingerprint density at radius 3 is 2.16 bits per heavy atom. The van der Waals surface area contributed by atoms with Gasteiger partial charge in [0.25, 0.3) is 0 Å². The third-order valence-corrected chi connectivity index (χ3v) is 4.07. The number of unbranched alkanes of at least 4 members (excludes halogenated alkanes) is 3. The summed E-state index contributed by atoms with van der Waals surface area (Å²) in [6.45, 7) is 2.50. The lowest BCUT2D eigenvalue weighted by Crippen LogP contribution is -2.17. The Kier molecular flexibility index (Phi) is 9.12. The predicted molar refractivity (Wildman–Crippen MR) is 109 cm³/mol. The van der Waals surface area contributed by atoms with Gasteiger partial charge in [0.2, 0.25) is 0 Å². The highest BCUT2D eigenvalue weighted by molar-refractivity contribution is 5.91. The van der Waals surface area contributed by atoms with Crippen LogP contribution in [0, 0.1) is 0 Å². The molecule has 0 saturated carbocycles. The molecule has 31 heavy (non-hydrogen) atoms. The Balaban J connectivity index is 1.83. The molecule has 0 spiro atoms. The lowest BCUT2D eigenvalue weighted by atomic mass is 10.2. The molecule has 166 valence electrons. The summed E-state index contributed by atoms with van der Waals surface area (Å²) in [6, 6.07) is 10.8. The van der Waals surface area contributed by atoms with Crippen molar-refractivity contribution in [3.63, 3.8) is 0 Å². The molecule has 0 saturated heterocycles. The van der Waals surface area contributed by atoms with Crippen LogP contribution in [0.4, 0.5) is 13.2 Å². The quantitative estimate of drug-likeness (QED) is 0.200. The highest BCUT2D eigenvalue weighted by Gasteiger charge is 2.31. The number of esters is 2. The van der Waals surface area contributed by atoms with Crippen LogP contribution < -0.4 is 9.47 Å². The fraction of sp³-hybridized carbons (Fsp3) is 0.304. The first kappa shape index (κ1) is 24.0. The monoisotopic (exact) mass is 436 g/mol. The molecule has 0 N–H and O–H groups in total. The zero-order valence-corrected chi connectivity index (χ0v) is 17.0. The fourth-order valence-corrected chi connectivity index (χ4v) is 2.52. The van der Waals surface area contributed by atoms with E-state index in [1.807, 2.05) is 0 Å². The van der Waals surface area contributed by atoms with Gasteiger partial charge in [0.15, 0.2) is 0 Å². The molecular formula is C23H23F3O5. The van der Waals surface area contributed by atoms with Crippen LogP contribution >= 0.6 is 0 Å². The molecule has 0 aliphatic rings. The van der Waals surface area contributed by atoms with Crippen molar-refractivity contribution in [3.8, 4) is 11.5 Å². The van der Waals surface area contributed by atoms with Gasteiger partial charge in [-0.25, -0.2) is 9.59 Å². The number of carbonyl (C=O) groups is 2. The van der Waals surface area contributed by atoms with Crippen LogP contribution in [0.2, 0.25) is 0 Å². The average Bonchev–Trinajstić information content (AvgIpc) is 2.72. The minimum atomic E-state index is -4.80. The molecule has 2 aromatic rings. The van der Waals surface area contributed by atoms with E-state index in [0.29, 0.717) is 12.2 Å². The number of benzene rings is 2. The zero-order valence-electron chi connectivity index (χ0n) is 17.0. The van der Waals surface area contributed by atoms with Gasteiger partial charge in [0, 0.05) is 6.08 Å². The van der Waals surface area contributed by atoms with Crippen molar-refractivity contribution in [3.05, 3.63) is 65.7 Å². The largest absolute Gasteiger partial charge is 0.573 e. The maximum Gasteiger partial charge on any atom is 0.573 e. The summed E-state index contributed by atoms with van der Waals surface area (Å²) >= 11 is 0. The zero-order chi connectivity index (χ0) is 22.7. The van der Waals surface area contributed by atoms with E-state index in [0.717, 1.165) is 37.8 Å². The van der Waals surface area contributed by atoms with Crippen LogP contribution in [0.1, 0.15) is 48.5 Å². The van der Waals surface area contributed by atoms with Gasteiger partial charge >= 0.3 is 18.3 Å². The van der Waals surface area contributed by atoms with Gasteiger partial charge in [-0.2, -0.15) is 0 Å². The first-order chi connectivity index (χ1) is 14.8. The molecular weight excluding hydrogens is 413 g/mol. The number of alkyl halides is 3. The van der Waals surface area contributed by atoms with Gasteiger partial charge < -0.3 is 14.2 Å². The number of hydrogen-bond donors (Lipinski definition) is 0. The topological polar surface area (TPSA) is 61.8 Å². The van der Waals surface area contributed by atoms with E-state index >= 15 is 0 Å². The first-order valence-electron chi connectivity index (χ1n) is 9.80. The number of carbonyl (C=O) groups excluding carboxylic acids is 2. The second kappa shape index (κ2) is 11.8. The van der Waals surface area contributed by atoms with Gasteiger partial charge in [-0.3, -0.25) is 0 Å². The van der Waals surface area contributed by atoms with Crippen LogP contribution in [0.5, 0.6) is 11.5 Å². The van der Waals surface area contributed by atoms with Gasteiger partial charge in [-0.15, -0.1) is 13.2 Å². The molecule has 5 nitrogen and oxygen atoms in total. The van der Waals surface area contributed by atoms with Crippen LogP contribution in [-0.4, -0.2) is 24.9 Å². The molecule has 0 aliphatic carbocycles. The van der Waals surface area contributed by atoms with E-state index in [9.17, 15) is 22.8 Å². The number of halogens is 3. The van der Waals surface area contributed by atoms with Gasteiger partial charge in [-0.1, -0.05) is 38.3 Å². The lowest BCUT2D eigenvalue weighted by molar-refractivity contribution is -0.274. The van der Waals surface area contributed by atoms with Crippen molar-refractivity contribution in [2.75, 3.05) is 6.61 Å².